The minimum Gasteiger partial charge on any atom is -0.461 e. The fourth-order valence-electron chi connectivity index (χ4n) is 1.41. The molecule has 2 heterocycles. The molecular weight excluding hydrogens is 220 g/mol. The highest BCUT2D eigenvalue weighted by molar-refractivity contribution is 6.36. The van der Waals surface area contributed by atoms with Crippen LogP contribution in [0.15, 0.2) is 18.5 Å². The van der Waals surface area contributed by atoms with E-state index in [1.807, 2.05) is 0 Å². The fourth-order valence-corrected chi connectivity index (χ4v) is 1.66. The third-order valence-electron chi connectivity index (χ3n) is 2.09. The molecule has 0 saturated heterocycles. The van der Waals surface area contributed by atoms with Gasteiger partial charge < -0.3 is 9.72 Å². The van der Waals surface area contributed by atoms with Gasteiger partial charge in [-0.2, -0.15) is 0 Å². The van der Waals surface area contributed by atoms with Gasteiger partial charge in [0.1, 0.15) is 5.39 Å². The van der Waals surface area contributed by atoms with E-state index in [1.165, 1.54) is 13.3 Å². The number of hydrogen-bond donors (Lipinski definition) is 2. The largest absolute Gasteiger partial charge is 0.461 e. The van der Waals surface area contributed by atoms with Gasteiger partial charge in [-0.25, -0.2) is 4.79 Å². The molecule has 0 aliphatic carbocycles. The summed E-state index contributed by atoms with van der Waals surface area (Å²) in [5.74, 6) is -0.649. The predicted octanol–water partition coefficient (Wildman–Crippen LogP) is 1.13. The Balaban J connectivity index is 2.84. The SMILES string of the molecule is COC(=O)c1c2c(Cl)c[nH]c2cc[n+]1O. The van der Waals surface area contributed by atoms with Gasteiger partial charge in [0.05, 0.1) is 17.6 Å². The molecule has 0 atom stereocenters. The minimum atomic E-state index is -0.649. The average molecular weight is 228 g/mol. The van der Waals surface area contributed by atoms with Crippen molar-refractivity contribution in [3.05, 3.63) is 29.2 Å². The van der Waals surface area contributed by atoms with E-state index in [9.17, 15) is 10.0 Å². The Morgan fingerprint density at radius 1 is 1.67 bits per heavy atom. The number of nitrogens with one attached hydrogen (secondary N) is 1. The van der Waals surface area contributed by atoms with E-state index in [0.717, 1.165) is 0 Å². The van der Waals surface area contributed by atoms with Crippen molar-refractivity contribution in [3.8, 4) is 0 Å². The molecule has 0 aliphatic heterocycles. The molecule has 2 N–H and O–H groups in total. The van der Waals surface area contributed by atoms with Crippen molar-refractivity contribution in [2.24, 2.45) is 0 Å². The molecule has 0 aromatic carbocycles. The van der Waals surface area contributed by atoms with Gasteiger partial charge in [-0.15, -0.1) is 0 Å². The third-order valence-corrected chi connectivity index (χ3v) is 2.39. The molecule has 15 heavy (non-hydrogen) atoms. The van der Waals surface area contributed by atoms with Gasteiger partial charge in [-0.05, 0) is 0 Å². The second kappa shape index (κ2) is 3.43. The number of pyridine rings is 1. The molecule has 0 spiro atoms. The van der Waals surface area contributed by atoms with Crippen LogP contribution in [0, 0.1) is 0 Å². The number of aromatic nitrogens is 2. The quantitative estimate of drug-likeness (QED) is 0.436. The van der Waals surface area contributed by atoms with E-state index in [0.29, 0.717) is 20.7 Å². The van der Waals surface area contributed by atoms with Crippen LogP contribution in [0.4, 0.5) is 0 Å². The van der Waals surface area contributed by atoms with Gasteiger partial charge in [0.25, 0.3) is 0 Å². The molecule has 0 radical (unpaired) electrons. The summed E-state index contributed by atoms with van der Waals surface area (Å²) >= 11 is 5.89. The van der Waals surface area contributed by atoms with Crippen LogP contribution < -0.4 is 4.73 Å². The van der Waals surface area contributed by atoms with Crippen molar-refractivity contribution in [2.75, 3.05) is 7.11 Å². The Labute approximate surface area is 89.8 Å². The first-order valence-electron chi connectivity index (χ1n) is 4.14. The Bertz CT molecular complexity index is 535. The molecule has 2 aromatic rings. The van der Waals surface area contributed by atoms with Crippen molar-refractivity contribution >= 4 is 28.5 Å². The molecule has 0 amide bonds. The van der Waals surface area contributed by atoms with Crippen LogP contribution >= 0.6 is 11.6 Å². The van der Waals surface area contributed by atoms with E-state index in [2.05, 4.69) is 9.72 Å². The Morgan fingerprint density at radius 2 is 2.40 bits per heavy atom. The smallest absolute Gasteiger partial charge is 0.409 e. The highest BCUT2D eigenvalue weighted by Crippen LogP contribution is 2.24. The molecule has 2 rings (SSSR count). The third kappa shape index (κ3) is 1.41. The summed E-state index contributed by atoms with van der Waals surface area (Å²) in [7, 11) is 1.24. The Kier molecular flexibility index (Phi) is 2.24. The Hall–Kier alpha value is -1.75. The summed E-state index contributed by atoms with van der Waals surface area (Å²) < 4.78 is 5.25. The summed E-state index contributed by atoms with van der Waals surface area (Å²) in [5, 5.41) is 10.3. The summed E-state index contributed by atoms with van der Waals surface area (Å²) in [5.41, 5.74) is 0.659. The molecule has 0 unspecified atom stereocenters. The number of aromatic amines is 1. The van der Waals surface area contributed by atoms with Gasteiger partial charge in [0.15, 0.2) is 0 Å². The van der Waals surface area contributed by atoms with Crippen LogP contribution in [0.5, 0.6) is 0 Å². The van der Waals surface area contributed by atoms with Crippen molar-refractivity contribution in [1.29, 1.82) is 0 Å². The first-order valence-corrected chi connectivity index (χ1v) is 4.51. The summed E-state index contributed by atoms with van der Waals surface area (Å²) in [6.45, 7) is 0. The van der Waals surface area contributed by atoms with Crippen molar-refractivity contribution in [2.45, 2.75) is 0 Å². The molecule has 5 nitrogen and oxygen atoms in total. The van der Waals surface area contributed by atoms with Gasteiger partial charge in [0.2, 0.25) is 6.20 Å². The van der Waals surface area contributed by atoms with E-state index in [-0.39, 0.29) is 5.69 Å². The van der Waals surface area contributed by atoms with E-state index < -0.39 is 5.97 Å². The minimum absolute atomic E-state index is 0.00116. The summed E-state index contributed by atoms with van der Waals surface area (Å²) in [6.07, 6.45) is 2.88. The molecular formula is C9H8ClN2O3+. The second-order valence-corrected chi connectivity index (χ2v) is 3.33. The van der Waals surface area contributed by atoms with Crippen molar-refractivity contribution < 1.29 is 19.5 Å². The zero-order valence-electron chi connectivity index (χ0n) is 7.82. The molecule has 6 heteroatoms. The lowest BCUT2D eigenvalue weighted by atomic mass is 10.2. The maximum Gasteiger partial charge on any atom is 0.409 e. The normalized spacial score (nSPS) is 10.5. The monoisotopic (exact) mass is 227 g/mol. The highest BCUT2D eigenvalue weighted by Gasteiger charge is 2.27. The first-order chi connectivity index (χ1) is 7.15. The van der Waals surface area contributed by atoms with Crippen molar-refractivity contribution in [3.63, 3.8) is 0 Å². The van der Waals surface area contributed by atoms with Gasteiger partial charge in [0, 0.05) is 17.0 Å². The number of ether oxygens (including phenoxy) is 1. The zero-order valence-corrected chi connectivity index (χ0v) is 8.58. The first kappa shape index (κ1) is 9.79. The molecule has 78 valence electrons. The number of carbonyl (C=O) groups is 1. The van der Waals surface area contributed by atoms with Crippen LogP contribution in [0.1, 0.15) is 10.5 Å². The van der Waals surface area contributed by atoms with Crippen LogP contribution in [0.25, 0.3) is 10.9 Å². The number of hydrogen-bond acceptors (Lipinski definition) is 3. The topological polar surface area (TPSA) is 66.2 Å². The number of carbonyl (C=O) groups excluding carboxylic acids is 1. The van der Waals surface area contributed by atoms with Gasteiger partial charge >= 0.3 is 11.7 Å². The van der Waals surface area contributed by atoms with Crippen LogP contribution in [-0.4, -0.2) is 23.3 Å². The van der Waals surface area contributed by atoms with Crippen LogP contribution in [0.2, 0.25) is 5.02 Å². The number of fused-ring (bicyclic) bond motifs is 1. The number of methoxy groups -OCH3 is 1. The summed E-state index contributed by atoms with van der Waals surface area (Å²) in [6, 6.07) is 1.60. The Morgan fingerprint density at radius 3 is 3.07 bits per heavy atom. The van der Waals surface area contributed by atoms with Gasteiger partial charge in [-0.1, -0.05) is 11.6 Å². The maximum atomic E-state index is 11.4. The number of rotatable bonds is 1. The lowest BCUT2D eigenvalue weighted by Crippen LogP contribution is -2.37. The number of H-pyrrole nitrogens is 1. The fraction of sp³-hybridized carbons (Fsp3) is 0.111. The lowest BCUT2D eigenvalue weighted by molar-refractivity contribution is -0.905. The van der Waals surface area contributed by atoms with E-state index >= 15 is 0 Å². The molecule has 0 aliphatic rings. The van der Waals surface area contributed by atoms with E-state index in [1.54, 1.807) is 12.3 Å². The zero-order chi connectivity index (χ0) is 11.0. The van der Waals surface area contributed by atoms with Crippen LogP contribution in [-0.2, 0) is 4.74 Å². The van der Waals surface area contributed by atoms with Crippen LogP contribution in [0.3, 0.4) is 0 Å². The lowest BCUT2D eigenvalue weighted by Gasteiger charge is -1.97. The number of esters is 1. The average Bonchev–Trinajstić information content (AvgIpc) is 2.60. The summed E-state index contributed by atoms with van der Waals surface area (Å²) in [4.78, 5) is 14.3. The molecule has 2 aromatic heterocycles. The molecule has 0 fully saturated rings. The highest BCUT2D eigenvalue weighted by atomic mass is 35.5. The molecule has 0 bridgehead atoms. The molecule has 0 saturated carbocycles. The maximum absolute atomic E-state index is 11.4. The predicted molar refractivity (Wildman–Crippen MR) is 52.0 cm³/mol. The van der Waals surface area contributed by atoms with Crippen molar-refractivity contribution in [1.82, 2.24) is 4.98 Å². The van der Waals surface area contributed by atoms with Gasteiger partial charge in [-0.3, -0.25) is 5.21 Å². The number of nitrogens with zero attached hydrogens (tertiary/aromatic N) is 1. The second-order valence-electron chi connectivity index (χ2n) is 2.93. The number of halogens is 1. The van der Waals surface area contributed by atoms with E-state index in [4.69, 9.17) is 11.6 Å². The standard InChI is InChI=1S/C9H7ClN2O3/c1-15-9(13)8-7-5(10)4-11-6(7)2-3-12(8)14/h2-4,14H,1H3/p+1.